The number of fused-ring (bicyclic) bond motifs is 3. The number of hydrogen-bond acceptors (Lipinski definition) is 3. The second kappa shape index (κ2) is 5.67. The van der Waals surface area contributed by atoms with Crippen LogP contribution >= 0.6 is 0 Å². The predicted octanol–water partition coefficient (Wildman–Crippen LogP) is 3.87. The van der Waals surface area contributed by atoms with Gasteiger partial charge in [-0.2, -0.15) is 0 Å². The number of hydrogen-bond donors (Lipinski definition) is 1. The highest BCUT2D eigenvalue weighted by Gasteiger charge is 2.31. The minimum Gasteiger partial charge on any atom is -0.492 e. The highest BCUT2D eigenvalue weighted by Crippen LogP contribution is 2.43. The van der Waals surface area contributed by atoms with Gasteiger partial charge in [0.05, 0.1) is 18.8 Å². The van der Waals surface area contributed by atoms with Crippen LogP contribution in [0.25, 0.3) is 6.08 Å². The Morgan fingerprint density at radius 1 is 1.17 bits per heavy atom. The van der Waals surface area contributed by atoms with Gasteiger partial charge in [-0.25, -0.2) is 0 Å². The minimum atomic E-state index is -0.652. The third-order valence-electron chi connectivity index (χ3n) is 4.94. The van der Waals surface area contributed by atoms with E-state index >= 15 is 0 Å². The largest absolute Gasteiger partial charge is 0.492 e. The summed E-state index contributed by atoms with van der Waals surface area (Å²) in [6.07, 6.45) is 4.89. The van der Waals surface area contributed by atoms with E-state index in [0.29, 0.717) is 12.5 Å². The number of aliphatic hydroxyl groups is 1. The molecule has 2 aromatic carbocycles. The molecule has 2 aliphatic heterocycles. The van der Waals surface area contributed by atoms with Crippen LogP contribution in [0, 0.1) is 6.92 Å². The third-order valence-corrected chi connectivity index (χ3v) is 4.94. The van der Waals surface area contributed by atoms with Crippen LogP contribution in [0.1, 0.15) is 35.1 Å². The molecule has 0 fully saturated rings. The Labute approximate surface area is 142 Å². The van der Waals surface area contributed by atoms with E-state index in [0.717, 1.165) is 23.5 Å². The molecule has 0 radical (unpaired) electrons. The molecule has 1 N–H and O–H groups in total. The summed E-state index contributed by atoms with van der Waals surface area (Å²) in [6.45, 7) is 4.61. The van der Waals surface area contributed by atoms with Crippen molar-refractivity contribution >= 4 is 6.08 Å². The fourth-order valence-corrected chi connectivity index (χ4v) is 3.40. The monoisotopic (exact) mass is 322 g/mol. The molecule has 0 aliphatic carbocycles. The molecule has 2 heterocycles. The van der Waals surface area contributed by atoms with Gasteiger partial charge in [0, 0.05) is 5.92 Å². The highest BCUT2D eigenvalue weighted by molar-refractivity contribution is 5.69. The molecule has 2 atom stereocenters. The molecule has 0 saturated carbocycles. The maximum Gasteiger partial charge on any atom is 0.148 e. The zero-order valence-corrected chi connectivity index (χ0v) is 14.1. The molecule has 3 heteroatoms. The number of rotatable bonds is 2. The van der Waals surface area contributed by atoms with Crippen LogP contribution in [0.5, 0.6) is 11.5 Å². The fourth-order valence-electron chi connectivity index (χ4n) is 3.40. The van der Waals surface area contributed by atoms with Gasteiger partial charge in [0.15, 0.2) is 0 Å². The first-order valence-corrected chi connectivity index (χ1v) is 8.42. The first kappa shape index (κ1) is 15.3. The Balaban J connectivity index is 1.64. The summed E-state index contributed by atoms with van der Waals surface area (Å²) in [4.78, 5) is 0. The molecular weight excluding hydrogens is 300 g/mol. The van der Waals surface area contributed by atoms with Crippen LogP contribution in [0.15, 0.2) is 42.5 Å². The average molecular weight is 322 g/mol. The second-order valence-electron chi connectivity index (χ2n) is 6.99. The topological polar surface area (TPSA) is 38.7 Å². The van der Waals surface area contributed by atoms with E-state index in [1.54, 1.807) is 0 Å². The second-order valence-corrected chi connectivity index (χ2v) is 6.99. The summed E-state index contributed by atoms with van der Waals surface area (Å²) < 4.78 is 12.1. The van der Waals surface area contributed by atoms with Crippen molar-refractivity contribution in [2.24, 2.45) is 0 Å². The number of aryl methyl sites for hydroxylation is 1. The fraction of sp³-hybridized carbons (Fsp3) is 0.333. The van der Waals surface area contributed by atoms with Crippen molar-refractivity contribution in [1.29, 1.82) is 0 Å². The summed E-state index contributed by atoms with van der Waals surface area (Å²) in [6, 6.07) is 12.8. The average Bonchev–Trinajstić information content (AvgIpc) is 2.61. The Morgan fingerprint density at radius 2 is 1.96 bits per heavy atom. The molecule has 4 rings (SSSR count). The van der Waals surface area contributed by atoms with Crippen LogP contribution in [-0.4, -0.2) is 23.9 Å². The van der Waals surface area contributed by atoms with Gasteiger partial charge in [-0.3, -0.25) is 0 Å². The van der Waals surface area contributed by atoms with E-state index in [9.17, 15) is 5.11 Å². The van der Waals surface area contributed by atoms with Gasteiger partial charge in [-0.15, -0.1) is 0 Å². The smallest absolute Gasteiger partial charge is 0.148 e. The summed E-state index contributed by atoms with van der Waals surface area (Å²) in [5, 5.41) is 9.49. The first-order chi connectivity index (χ1) is 11.6. The lowest BCUT2D eigenvalue weighted by atomic mass is 9.88. The minimum absolute atomic E-state index is 0.0453. The lowest BCUT2D eigenvalue weighted by Gasteiger charge is -2.33. The summed E-state index contributed by atoms with van der Waals surface area (Å²) in [5.41, 5.74) is 4.15. The number of aliphatic hydroxyl groups excluding tert-OH is 1. The third kappa shape index (κ3) is 2.59. The molecular formula is C21H22O3. The lowest BCUT2D eigenvalue weighted by Crippen LogP contribution is -2.36. The van der Waals surface area contributed by atoms with E-state index in [1.165, 1.54) is 16.7 Å². The molecule has 2 aliphatic rings. The molecule has 2 aromatic rings. The van der Waals surface area contributed by atoms with Crippen LogP contribution in [0.4, 0.5) is 0 Å². The molecule has 124 valence electrons. The van der Waals surface area contributed by atoms with E-state index < -0.39 is 5.60 Å². The molecule has 0 bridgehead atoms. The molecule has 2 unspecified atom stereocenters. The van der Waals surface area contributed by atoms with Gasteiger partial charge in [0.1, 0.15) is 17.1 Å². The van der Waals surface area contributed by atoms with Crippen molar-refractivity contribution in [3.8, 4) is 11.5 Å². The Bertz CT molecular complexity index is 791. The molecule has 0 spiro atoms. The Hall–Kier alpha value is -2.26. The molecule has 0 amide bonds. The first-order valence-electron chi connectivity index (χ1n) is 8.42. The van der Waals surface area contributed by atoms with Crippen molar-refractivity contribution in [2.75, 3.05) is 13.2 Å². The van der Waals surface area contributed by atoms with Gasteiger partial charge in [-0.1, -0.05) is 35.9 Å². The normalized spacial score (nSPS) is 24.5. The van der Waals surface area contributed by atoms with Gasteiger partial charge in [0.25, 0.3) is 0 Å². The lowest BCUT2D eigenvalue weighted by molar-refractivity contribution is 0.0635. The van der Waals surface area contributed by atoms with Crippen LogP contribution < -0.4 is 9.47 Å². The van der Waals surface area contributed by atoms with Crippen molar-refractivity contribution < 1.29 is 14.6 Å². The zero-order valence-electron chi connectivity index (χ0n) is 14.1. The SMILES string of the molecule is Cc1ccc(C2COc3c(ccc4c3C=CC(C)(CO)O4)C2)cc1. The summed E-state index contributed by atoms with van der Waals surface area (Å²) in [7, 11) is 0. The van der Waals surface area contributed by atoms with E-state index in [2.05, 4.69) is 37.3 Å². The van der Waals surface area contributed by atoms with E-state index in [4.69, 9.17) is 9.47 Å². The summed E-state index contributed by atoms with van der Waals surface area (Å²) in [5.74, 6) is 2.08. The van der Waals surface area contributed by atoms with Crippen molar-refractivity contribution in [2.45, 2.75) is 31.8 Å². The van der Waals surface area contributed by atoms with Crippen LogP contribution in [0.2, 0.25) is 0 Å². The molecule has 0 saturated heterocycles. The molecule has 0 aromatic heterocycles. The maximum atomic E-state index is 9.49. The predicted molar refractivity (Wildman–Crippen MR) is 94.7 cm³/mol. The highest BCUT2D eigenvalue weighted by atomic mass is 16.5. The van der Waals surface area contributed by atoms with Gasteiger partial charge in [0.2, 0.25) is 0 Å². The van der Waals surface area contributed by atoms with E-state index in [1.807, 2.05) is 25.1 Å². The zero-order chi connectivity index (χ0) is 16.7. The molecule has 3 nitrogen and oxygen atoms in total. The van der Waals surface area contributed by atoms with Gasteiger partial charge < -0.3 is 14.6 Å². The van der Waals surface area contributed by atoms with Crippen LogP contribution in [-0.2, 0) is 6.42 Å². The van der Waals surface area contributed by atoms with Crippen molar-refractivity contribution in [3.63, 3.8) is 0 Å². The maximum absolute atomic E-state index is 9.49. The molecule has 24 heavy (non-hydrogen) atoms. The Morgan fingerprint density at radius 3 is 2.71 bits per heavy atom. The standard InChI is InChI=1S/C21H22O3/c1-14-3-5-15(6-4-14)17-11-16-7-8-19-18(20(16)23-12-17)9-10-21(2,13-22)24-19/h3-10,17,22H,11-13H2,1-2H3. The van der Waals surface area contributed by atoms with Crippen molar-refractivity contribution in [3.05, 3.63) is 64.7 Å². The van der Waals surface area contributed by atoms with Gasteiger partial charge >= 0.3 is 0 Å². The van der Waals surface area contributed by atoms with Crippen LogP contribution in [0.3, 0.4) is 0 Å². The van der Waals surface area contributed by atoms with E-state index in [-0.39, 0.29) is 6.61 Å². The summed E-state index contributed by atoms with van der Waals surface area (Å²) >= 11 is 0. The quantitative estimate of drug-likeness (QED) is 0.912. The van der Waals surface area contributed by atoms with Gasteiger partial charge in [-0.05, 0) is 49.6 Å². The Kier molecular flexibility index (Phi) is 3.61. The number of ether oxygens (including phenoxy) is 2. The van der Waals surface area contributed by atoms with Crippen molar-refractivity contribution in [1.82, 2.24) is 0 Å². The number of benzene rings is 2.